The molecule has 6 heteroatoms. The number of carbonyl (C=O) groups is 1. The van der Waals surface area contributed by atoms with Crippen LogP contribution in [0.2, 0.25) is 0 Å². The minimum absolute atomic E-state index is 0.0682. The first-order valence-corrected chi connectivity index (χ1v) is 10.4. The Hall–Kier alpha value is -1.30. The summed E-state index contributed by atoms with van der Waals surface area (Å²) in [5.41, 5.74) is 0.390. The number of amides is 1. The first-order chi connectivity index (χ1) is 12.6. The van der Waals surface area contributed by atoms with Gasteiger partial charge >= 0.3 is 0 Å². The Morgan fingerprint density at radius 2 is 1.85 bits per heavy atom. The molecule has 2 aliphatic carbocycles. The largest absolute Gasteiger partial charge is 0.381 e. The van der Waals surface area contributed by atoms with Gasteiger partial charge < -0.3 is 19.9 Å². The maximum absolute atomic E-state index is 12.1. The van der Waals surface area contributed by atoms with Crippen LogP contribution in [0.25, 0.3) is 0 Å². The van der Waals surface area contributed by atoms with E-state index in [4.69, 9.17) is 9.73 Å². The highest BCUT2D eigenvalue weighted by molar-refractivity contribution is 5.85. The number of carbonyl (C=O) groups excluding carboxylic acids is 1. The van der Waals surface area contributed by atoms with Gasteiger partial charge in [-0.05, 0) is 62.2 Å². The second kappa shape index (κ2) is 7.37. The molecule has 6 nitrogen and oxygen atoms in total. The lowest BCUT2D eigenvalue weighted by molar-refractivity contribution is -0.127. The van der Waals surface area contributed by atoms with E-state index in [2.05, 4.69) is 10.2 Å². The Bertz CT molecular complexity index is 536. The SMILES string of the molecule is CN(C)C(=O)CN=C(NC(C1CC1)C1CC1)N1CCC2(CCOCC2)C1. The van der Waals surface area contributed by atoms with Gasteiger partial charge in [0.05, 0.1) is 0 Å². The maximum atomic E-state index is 12.1. The van der Waals surface area contributed by atoms with E-state index in [1.165, 1.54) is 32.1 Å². The Balaban J connectivity index is 1.46. The van der Waals surface area contributed by atoms with Crippen LogP contribution in [0.4, 0.5) is 0 Å². The van der Waals surface area contributed by atoms with Gasteiger partial charge in [-0.25, -0.2) is 4.99 Å². The minimum atomic E-state index is 0.0682. The second-order valence-electron chi connectivity index (χ2n) is 9.06. The number of nitrogens with one attached hydrogen (secondary N) is 1. The quantitative estimate of drug-likeness (QED) is 0.598. The van der Waals surface area contributed by atoms with Crippen molar-refractivity contribution in [3.8, 4) is 0 Å². The van der Waals surface area contributed by atoms with Crippen molar-refractivity contribution >= 4 is 11.9 Å². The van der Waals surface area contributed by atoms with E-state index in [0.29, 0.717) is 11.5 Å². The first kappa shape index (κ1) is 18.1. The zero-order valence-electron chi connectivity index (χ0n) is 16.4. The number of guanidine groups is 1. The molecule has 4 aliphatic rings. The van der Waals surface area contributed by atoms with Gasteiger partial charge in [0.25, 0.3) is 0 Å². The lowest BCUT2D eigenvalue weighted by Gasteiger charge is -2.34. The highest BCUT2D eigenvalue weighted by Gasteiger charge is 2.44. The molecule has 1 spiro atoms. The smallest absolute Gasteiger partial charge is 0.243 e. The summed E-state index contributed by atoms with van der Waals surface area (Å²) in [5, 5.41) is 3.81. The fourth-order valence-electron chi connectivity index (χ4n) is 4.53. The molecule has 2 saturated carbocycles. The van der Waals surface area contributed by atoms with Crippen LogP contribution in [0, 0.1) is 17.3 Å². The molecule has 2 aliphatic heterocycles. The number of likely N-dealkylation sites (N-methyl/N-ethyl adjacent to an activating group) is 1. The zero-order valence-corrected chi connectivity index (χ0v) is 16.4. The second-order valence-corrected chi connectivity index (χ2v) is 9.06. The number of hydrogen-bond donors (Lipinski definition) is 1. The van der Waals surface area contributed by atoms with Crippen LogP contribution < -0.4 is 5.32 Å². The fraction of sp³-hybridized carbons (Fsp3) is 0.900. The molecule has 26 heavy (non-hydrogen) atoms. The van der Waals surface area contributed by atoms with Gasteiger partial charge in [-0.3, -0.25) is 4.79 Å². The van der Waals surface area contributed by atoms with E-state index in [1.807, 2.05) is 0 Å². The monoisotopic (exact) mass is 362 g/mol. The molecule has 0 unspecified atom stereocenters. The summed E-state index contributed by atoms with van der Waals surface area (Å²) < 4.78 is 5.59. The molecular weight excluding hydrogens is 328 g/mol. The van der Waals surface area contributed by atoms with Gasteiger partial charge in [0.2, 0.25) is 5.91 Å². The van der Waals surface area contributed by atoms with E-state index >= 15 is 0 Å². The number of nitrogens with zero attached hydrogens (tertiary/aromatic N) is 3. The summed E-state index contributed by atoms with van der Waals surface area (Å²) in [6.07, 6.45) is 8.91. The Morgan fingerprint density at radius 1 is 1.19 bits per heavy atom. The predicted octanol–water partition coefficient (Wildman–Crippen LogP) is 1.71. The van der Waals surface area contributed by atoms with Gasteiger partial charge in [-0.1, -0.05) is 0 Å². The summed E-state index contributed by atoms with van der Waals surface area (Å²) >= 11 is 0. The molecule has 0 radical (unpaired) electrons. The average molecular weight is 363 g/mol. The summed E-state index contributed by atoms with van der Waals surface area (Å²) in [7, 11) is 3.60. The van der Waals surface area contributed by atoms with Crippen LogP contribution in [0.15, 0.2) is 4.99 Å². The average Bonchev–Trinajstić information content (AvgIpc) is 3.55. The molecule has 0 bridgehead atoms. The number of hydrogen-bond acceptors (Lipinski definition) is 3. The molecule has 146 valence electrons. The van der Waals surface area contributed by atoms with Crippen molar-refractivity contribution in [3.05, 3.63) is 0 Å². The van der Waals surface area contributed by atoms with Gasteiger partial charge in [0, 0.05) is 46.4 Å². The highest BCUT2D eigenvalue weighted by atomic mass is 16.5. The zero-order chi connectivity index (χ0) is 18.1. The Labute approximate surface area is 157 Å². The summed E-state index contributed by atoms with van der Waals surface area (Å²) in [6.45, 7) is 4.12. The normalized spacial score (nSPS) is 25.8. The van der Waals surface area contributed by atoms with Gasteiger partial charge in [0.1, 0.15) is 6.54 Å². The van der Waals surface area contributed by atoms with Gasteiger partial charge in [-0.2, -0.15) is 0 Å². The van der Waals surface area contributed by atoms with Crippen molar-refractivity contribution < 1.29 is 9.53 Å². The van der Waals surface area contributed by atoms with Crippen molar-refractivity contribution in [2.45, 2.75) is 51.0 Å². The van der Waals surface area contributed by atoms with E-state index < -0.39 is 0 Å². The third-order valence-electron chi connectivity index (χ3n) is 6.71. The Morgan fingerprint density at radius 3 is 2.42 bits per heavy atom. The van der Waals surface area contributed by atoms with E-state index in [1.54, 1.807) is 19.0 Å². The summed E-state index contributed by atoms with van der Waals surface area (Å²) in [5.74, 6) is 2.68. The minimum Gasteiger partial charge on any atom is -0.381 e. The third-order valence-corrected chi connectivity index (χ3v) is 6.71. The van der Waals surface area contributed by atoms with Gasteiger partial charge in [-0.15, -0.1) is 0 Å². The molecule has 1 amide bonds. The number of ether oxygens (including phenoxy) is 1. The van der Waals surface area contributed by atoms with Crippen LogP contribution in [0.3, 0.4) is 0 Å². The third kappa shape index (κ3) is 4.16. The molecular formula is C20H34N4O2. The topological polar surface area (TPSA) is 57.2 Å². The molecule has 2 saturated heterocycles. The Kier molecular flexibility index (Phi) is 5.13. The lowest BCUT2D eigenvalue weighted by Crippen LogP contribution is -2.48. The summed E-state index contributed by atoms with van der Waals surface area (Å²) in [6, 6.07) is 0.564. The fourth-order valence-corrected chi connectivity index (χ4v) is 4.53. The molecule has 2 heterocycles. The van der Waals surface area contributed by atoms with Gasteiger partial charge in [0.15, 0.2) is 5.96 Å². The van der Waals surface area contributed by atoms with E-state index in [-0.39, 0.29) is 12.5 Å². The molecule has 0 aromatic carbocycles. The lowest BCUT2D eigenvalue weighted by atomic mass is 9.80. The molecule has 0 atom stereocenters. The van der Waals surface area contributed by atoms with Crippen LogP contribution >= 0.6 is 0 Å². The number of rotatable bonds is 5. The maximum Gasteiger partial charge on any atom is 0.243 e. The van der Waals surface area contributed by atoms with Crippen molar-refractivity contribution in [3.63, 3.8) is 0 Å². The van der Waals surface area contributed by atoms with E-state index in [9.17, 15) is 4.79 Å². The van der Waals surface area contributed by atoms with Crippen LogP contribution in [-0.4, -0.2) is 74.7 Å². The number of likely N-dealkylation sites (tertiary alicyclic amines) is 1. The van der Waals surface area contributed by atoms with Crippen molar-refractivity contribution in [1.29, 1.82) is 0 Å². The van der Waals surface area contributed by atoms with Crippen LogP contribution in [0.5, 0.6) is 0 Å². The van der Waals surface area contributed by atoms with Crippen molar-refractivity contribution in [1.82, 2.24) is 15.1 Å². The van der Waals surface area contributed by atoms with Crippen LogP contribution in [-0.2, 0) is 9.53 Å². The standard InChI is InChI=1S/C20H34N4O2/c1-23(2)17(25)13-21-19(22-18(15-3-4-15)16-5-6-16)24-10-7-20(14-24)8-11-26-12-9-20/h15-16,18H,3-14H2,1-2H3,(H,21,22). The summed E-state index contributed by atoms with van der Waals surface area (Å²) in [4.78, 5) is 20.9. The van der Waals surface area contributed by atoms with E-state index in [0.717, 1.165) is 56.9 Å². The number of aliphatic imine (C=N–C) groups is 1. The molecule has 0 aromatic heterocycles. The highest BCUT2D eigenvalue weighted by Crippen LogP contribution is 2.45. The van der Waals surface area contributed by atoms with Crippen molar-refractivity contribution in [2.24, 2.45) is 22.2 Å². The first-order valence-electron chi connectivity index (χ1n) is 10.4. The molecule has 1 N–H and O–H groups in total. The van der Waals surface area contributed by atoms with Crippen molar-refractivity contribution in [2.75, 3.05) is 46.9 Å². The predicted molar refractivity (Wildman–Crippen MR) is 102 cm³/mol. The van der Waals surface area contributed by atoms with Crippen LogP contribution in [0.1, 0.15) is 44.9 Å². The molecule has 4 rings (SSSR count). The molecule has 0 aromatic rings. The molecule has 4 fully saturated rings.